The molecule has 0 aliphatic carbocycles. The predicted molar refractivity (Wildman–Crippen MR) is 69.8 cm³/mol. The van der Waals surface area contributed by atoms with Gasteiger partial charge in [0, 0.05) is 17.1 Å². The Morgan fingerprint density at radius 3 is 3.12 bits per heavy atom. The fourth-order valence-electron chi connectivity index (χ4n) is 2.04. The number of rotatable bonds is 3. The number of ether oxygens (including phenoxy) is 1. The second-order valence-electron chi connectivity index (χ2n) is 4.34. The Morgan fingerprint density at radius 2 is 2.38 bits per heavy atom. The molecule has 1 aromatic rings. The molecule has 1 aliphatic heterocycles. The number of aryl methyl sites for hydroxylation is 2. The number of halogens is 1. The van der Waals surface area contributed by atoms with E-state index in [2.05, 4.69) is 46.4 Å². The Bertz CT molecular complexity index is 348. The molecule has 1 atom stereocenters. The molecular weight excluding hydrogens is 266 g/mol. The van der Waals surface area contributed by atoms with Crippen LogP contribution in [0.2, 0.25) is 0 Å². The first kappa shape index (κ1) is 12.1. The van der Waals surface area contributed by atoms with E-state index in [4.69, 9.17) is 4.74 Å². The van der Waals surface area contributed by atoms with Crippen molar-refractivity contribution in [1.29, 1.82) is 0 Å². The number of morpholine rings is 1. The Kier molecular flexibility index (Phi) is 4.38. The number of benzene rings is 1. The van der Waals surface area contributed by atoms with Gasteiger partial charge in [0.1, 0.15) is 0 Å². The van der Waals surface area contributed by atoms with Gasteiger partial charge in [-0.3, -0.25) is 0 Å². The zero-order valence-corrected chi connectivity index (χ0v) is 11.2. The van der Waals surface area contributed by atoms with Crippen molar-refractivity contribution in [2.45, 2.75) is 25.8 Å². The van der Waals surface area contributed by atoms with Crippen LogP contribution in [0.5, 0.6) is 0 Å². The molecule has 0 saturated carbocycles. The minimum Gasteiger partial charge on any atom is -0.379 e. The van der Waals surface area contributed by atoms with Gasteiger partial charge < -0.3 is 10.1 Å². The third-order valence-electron chi connectivity index (χ3n) is 3.07. The van der Waals surface area contributed by atoms with Crippen LogP contribution in [0.1, 0.15) is 17.5 Å². The van der Waals surface area contributed by atoms with E-state index in [1.807, 2.05) is 0 Å². The van der Waals surface area contributed by atoms with E-state index in [9.17, 15) is 0 Å². The van der Waals surface area contributed by atoms with Gasteiger partial charge in [0.05, 0.1) is 13.2 Å². The third kappa shape index (κ3) is 3.30. The van der Waals surface area contributed by atoms with Gasteiger partial charge in [0.2, 0.25) is 0 Å². The van der Waals surface area contributed by atoms with Crippen molar-refractivity contribution in [3.63, 3.8) is 0 Å². The van der Waals surface area contributed by atoms with Crippen molar-refractivity contribution in [1.82, 2.24) is 5.32 Å². The number of hydrogen-bond donors (Lipinski definition) is 1. The first-order valence-corrected chi connectivity index (χ1v) is 6.61. The molecule has 0 aromatic heterocycles. The lowest BCUT2D eigenvalue weighted by atomic mass is 10.0. The van der Waals surface area contributed by atoms with Gasteiger partial charge >= 0.3 is 0 Å². The van der Waals surface area contributed by atoms with Crippen LogP contribution in [0.3, 0.4) is 0 Å². The molecule has 1 unspecified atom stereocenters. The Labute approximate surface area is 106 Å². The maximum Gasteiger partial charge on any atom is 0.0620 e. The summed E-state index contributed by atoms with van der Waals surface area (Å²) in [5.74, 6) is 0. The minimum absolute atomic E-state index is 0.520. The van der Waals surface area contributed by atoms with Crippen molar-refractivity contribution in [2.24, 2.45) is 0 Å². The van der Waals surface area contributed by atoms with Crippen LogP contribution in [0.4, 0.5) is 0 Å². The average Bonchev–Trinajstić information content (AvgIpc) is 2.32. The highest BCUT2D eigenvalue weighted by Gasteiger charge is 2.13. The van der Waals surface area contributed by atoms with Crippen LogP contribution in [0.25, 0.3) is 0 Å². The smallest absolute Gasteiger partial charge is 0.0620 e. The molecule has 1 aliphatic rings. The van der Waals surface area contributed by atoms with Crippen molar-refractivity contribution in [3.05, 3.63) is 33.8 Å². The molecular formula is C13H18BrNO. The monoisotopic (exact) mass is 283 g/mol. The summed E-state index contributed by atoms with van der Waals surface area (Å²) in [5, 5.41) is 3.49. The summed E-state index contributed by atoms with van der Waals surface area (Å²) >= 11 is 3.52. The summed E-state index contributed by atoms with van der Waals surface area (Å²) in [7, 11) is 0. The van der Waals surface area contributed by atoms with E-state index in [1.54, 1.807) is 0 Å². The van der Waals surface area contributed by atoms with Crippen LogP contribution in [-0.2, 0) is 11.2 Å². The lowest BCUT2D eigenvalue weighted by Crippen LogP contribution is -2.41. The average molecular weight is 284 g/mol. The van der Waals surface area contributed by atoms with E-state index in [-0.39, 0.29) is 0 Å². The van der Waals surface area contributed by atoms with Crippen LogP contribution in [-0.4, -0.2) is 25.8 Å². The molecule has 1 fully saturated rings. The molecule has 16 heavy (non-hydrogen) atoms. The summed E-state index contributed by atoms with van der Waals surface area (Å²) in [6.07, 6.45) is 2.27. The summed E-state index contributed by atoms with van der Waals surface area (Å²) in [5.41, 5.74) is 2.81. The normalized spacial score (nSPS) is 21.0. The lowest BCUT2D eigenvalue weighted by Gasteiger charge is -2.24. The zero-order valence-electron chi connectivity index (χ0n) is 9.63. The van der Waals surface area contributed by atoms with Gasteiger partial charge in [0.15, 0.2) is 0 Å². The van der Waals surface area contributed by atoms with Gasteiger partial charge in [-0.05, 0) is 43.0 Å². The Balaban J connectivity index is 1.90. The van der Waals surface area contributed by atoms with Crippen molar-refractivity contribution >= 4 is 15.9 Å². The highest BCUT2D eigenvalue weighted by molar-refractivity contribution is 9.10. The topological polar surface area (TPSA) is 21.3 Å². The van der Waals surface area contributed by atoms with Crippen LogP contribution in [0.15, 0.2) is 22.7 Å². The molecule has 1 saturated heterocycles. The standard InChI is InChI=1S/C13H18BrNO/c1-10-2-4-12(14)8-11(10)3-5-13-9-16-7-6-15-13/h2,4,8,13,15H,3,5-7,9H2,1H3. The molecule has 0 spiro atoms. The van der Waals surface area contributed by atoms with E-state index < -0.39 is 0 Å². The molecule has 1 aromatic carbocycles. The largest absolute Gasteiger partial charge is 0.379 e. The van der Waals surface area contributed by atoms with Gasteiger partial charge in [-0.1, -0.05) is 22.0 Å². The summed E-state index contributed by atoms with van der Waals surface area (Å²) < 4.78 is 6.62. The highest BCUT2D eigenvalue weighted by Crippen LogP contribution is 2.18. The maximum atomic E-state index is 5.45. The summed E-state index contributed by atoms with van der Waals surface area (Å²) in [6, 6.07) is 7.01. The van der Waals surface area contributed by atoms with E-state index >= 15 is 0 Å². The molecule has 3 heteroatoms. The van der Waals surface area contributed by atoms with E-state index in [0.717, 1.165) is 32.6 Å². The van der Waals surface area contributed by atoms with Gasteiger partial charge in [-0.15, -0.1) is 0 Å². The molecule has 2 rings (SSSR count). The molecule has 0 radical (unpaired) electrons. The molecule has 88 valence electrons. The fraction of sp³-hybridized carbons (Fsp3) is 0.538. The zero-order chi connectivity index (χ0) is 11.4. The maximum absolute atomic E-state index is 5.45. The second kappa shape index (κ2) is 5.80. The molecule has 0 amide bonds. The van der Waals surface area contributed by atoms with Crippen molar-refractivity contribution < 1.29 is 4.74 Å². The Hall–Kier alpha value is -0.380. The first-order chi connectivity index (χ1) is 7.75. The molecule has 1 heterocycles. The Morgan fingerprint density at radius 1 is 1.50 bits per heavy atom. The van der Waals surface area contributed by atoms with Crippen LogP contribution in [0, 0.1) is 6.92 Å². The quantitative estimate of drug-likeness (QED) is 0.921. The second-order valence-corrected chi connectivity index (χ2v) is 5.25. The summed E-state index contributed by atoms with van der Waals surface area (Å²) in [6.45, 7) is 4.87. The fourth-order valence-corrected chi connectivity index (χ4v) is 2.45. The number of hydrogen-bond acceptors (Lipinski definition) is 2. The molecule has 2 nitrogen and oxygen atoms in total. The molecule has 1 N–H and O–H groups in total. The van der Waals surface area contributed by atoms with E-state index in [1.165, 1.54) is 15.6 Å². The third-order valence-corrected chi connectivity index (χ3v) is 3.57. The molecule has 0 bridgehead atoms. The van der Waals surface area contributed by atoms with E-state index in [0.29, 0.717) is 6.04 Å². The van der Waals surface area contributed by atoms with Crippen molar-refractivity contribution in [3.8, 4) is 0 Å². The van der Waals surface area contributed by atoms with Crippen molar-refractivity contribution in [2.75, 3.05) is 19.8 Å². The minimum atomic E-state index is 0.520. The first-order valence-electron chi connectivity index (χ1n) is 5.82. The van der Waals surface area contributed by atoms with Gasteiger partial charge in [-0.25, -0.2) is 0 Å². The predicted octanol–water partition coefficient (Wildman–Crippen LogP) is 2.68. The number of nitrogens with one attached hydrogen (secondary N) is 1. The summed E-state index contributed by atoms with van der Waals surface area (Å²) in [4.78, 5) is 0. The van der Waals surface area contributed by atoms with Gasteiger partial charge in [-0.2, -0.15) is 0 Å². The van der Waals surface area contributed by atoms with Crippen LogP contribution < -0.4 is 5.32 Å². The highest BCUT2D eigenvalue weighted by atomic mass is 79.9. The van der Waals surface area contributed by atoms with Gasteiger partial charge in [0.25, 0.3) is 0 Å². The van der Waals surface area contributed by atoms with Crippen LogP contribution >= 0.6 is 15.9 Å². The lowest BCUT2D eigenvalue weighted by molar-refractivity contribution is 0.0743. The SMILES string of the molecule is Cc1ccc(Br)cc1CCC1COCCN1.